The molecule has 0 atom stereocenters. The summed E-state index contributed by atoms with van der Waals surface area (Å²) in [6, 6.07) is 0. The van der Waals surface area contributed by atoms with Crippen molar-refractivity contribution in [1.29, 1.82) is 0 Å². The van der Waals surface area contributed by atoms with Crippen molar-refractivity contribution >= 4 is 7.82 Å². The van der Waals surface area contributed by atoms with Crippen LogP contribution < -0.4 is 5.32 Å². The second-order valence-electron chi connectivity index (χ2n) is 8.98. The molecule has 0 aromatic rings. The van der Waals surface area contributed by atoms with Gasteiger partial charge in [0.25, 0.3) is 0 Å². The van der Waals surface area contributed by atoms with Gasteiger partial charge in [-0.25, -0.2) is 4.57 Å². The minimum atomic E-state index is -4.64. The van der Waals surface area contributed by atoms with Gasteiger partial charge in [0.15, 0.2) is 0 Å². The molecule has 0 aromatic heterocycles. The molecule has 0 rings (SSSR count). The van der Waals surface area contributed by atoms with Gasteiger partial charge in [0.1, 0.15) is 0 Å². The maximum atomic E-state index is 8.88. The number of phosphoric acid groups is 1. The fourth-order valence-electron chi connectivity index (χ4n) is 3.78. The molecule has 0 aliphatic heterocycles. The zero-order valence-electron chi connectivity index (χ0n) is 21.0. The Labute approximate surface area is 194 Å². The molecule has 0 aromatic carbocycles. The Morgan fingerprint density at radius 3 is 0.871 bits per heavy atom. The second-order valence-corrected chi connectivity index (χ2v) is 10.0. The molecular weight excluding hydrogens is 409 g/mol. The lowest BCUT2D eigenvalue weighted by atomic mass is 10.0. The largest absolute Gasteiger partial charge is 0.466 e. The van der Waals surface area contributed by atoms with Crippen LogP contribution in [-0.4, -0.2) is 27.8 Å². The minimum Gasteiger partial charge on any atom is -0.317 e. The van der Waals surface area contributed by atoms with E-state index in [1.54, 1.807) is 0 Å². The standard InChI is InChI=1S/C25H53N.H3O4P/c1-3-5-7-9-11-12-13-14-15-16-17-18-19-21-23-25-26-24-22-20-10-8-6-4-2;1-5(2,3)4/h26H,3-25H2,1-2H3;(H3,1,2,3,4). The molecule has 4 N–H and O–H groups in total. The summed E-state index contributed by atoms with van der Waals surface area (Å²) in [5.41, 5.74) is 0. The van der Waals surface area contributed by atoms with Crippen molar-refractivity contribution < 1.29 is 19.2 Å². The third kappa shape index (κ3) is 44.5. The van der Waals surface area contributed by atoms with E-state index >= 15 is 0 Å². The number of hydrogen-bond donors (Lipinski definition) is 4. The molecule has 0 bridgehead atoms. The third-order valence-corrected chi connectivity index (χ3v) is 5.66. The lowest BCUT2D eigenvalue weighted by Crippen LogP contribution is -2.16. The number of unbranched alkanes of at least 4 members (excludes halogenated alkanes) is 19. The summed E-state index contributed by atoms with van der Waals surface area (Å²) >= 11 is 0. The van der Waals surface area contributed by atoms with Crippen LogP contribution >= 0.6 is 7.82 Å². The predicted octanol–water partition coefficient (Wildman–Crippen LogP) is 7.88. The first kappa shape index (κ1) is 33.2. The summed E-state index contributed by atoms with van der Waals surface area (Å²) in [5.74, 6) is 0. The topological polar surface area (TPSA) is 89.8 Å². The zero-order chi connectivity index (χ0) is 23.5. The molecule has 0 saturated heterocycles. The Morgan fingerprint density at radius 2 is 0.645 bits per heavy atom. The van der Waals surface area contributed by atoms with Gasteiger partial charge in [0.05, 0.1) is 0 Å². The normalized spacial score (nSPS) is 11.4. The monoisotopic (exact) mass is 465 g/mol. The molecule has 31 heavy (non-hydrogen) atoms. The van der Waals surface area contributed by atoms with Crippen molar-refractivity contribution in [3.63, 3.8) is 0 Å². The Kier molecular flexibility index (Phi) is 30.1. The maximum absolute atomic E-state index is 8.88. The molecule has 190 valence electrons. The first-order chi connectivity index (χ1) is 14.9. The van der Waals surface area contributed by atoms with Gasteiger partial charge in [0.2, 0.25) is 0 Å². The molecule has 0 amide bonds. The molecule has 0 unspecified atom stereocenters. The van der Waals surface area contributed by atoms with Crippen molar-refractivity contribution in [1.82, 2.24) is 5.32 Å². The van der Waals surface area contributed by atoms with Gasteiger partial charge in [-0.3, -0.25) is 0 Å². The van der Waals surface area contributed by atoms with Crippen LogP contribution in [0.2, 0.25) is 0 Å². The average Bonchev–Trinajstić information content (AvgIpc) is 2.70. The Hall–Kier alpha value is 0.0700. The van der Waals surface area contributed by atoms with Gasteiger partial charge in [-0.05, 0) is 25.9 Å². The zero-order valence-corrected chi connectivity index (χ0v) is 21.9. The second kappa shape index (κ2) is 28.1. The summed E-state index contributed by atoms with van der Waals surface area (Å²) in [6.07, 6.45) is 30.3. The van der Waals surface area contributed by atoms with Crippen LogP contribution in [0.5, 0.6) is 0 Å². The number of hydrogen-bond acceptors (Lipinski definition) is 2. The summed E-state index contributed by atoms with van der Waals surface area (Å²) < 4.78 is 8.88. The SMILES string of the molecule is CCCCCCCCCCCCCCCCCNCCCCCCCC.O=P(O)(O)O. The van der Waals surface area contributed by atoms with Crippen LogP contribution in [0, 0.1) is 0 Å². The molecule has 0 saturated carbocycles. The van der Waals surface area contributed by atoms with Crippen LogP contribution in [0.3, 0.4) is 0 Å². The van der Waals surface area contributed by atoms with Gasteiger partial charge >= 0.3 is 7.82 Å². The van der Waals surface area contributed by atoms with Gasteiger partial charge < -0.3 is 20.0 Å². The van der Waals surface area contributed by atoms with E-state index in [4.69, 9.17) is 19.2 Å². The predicted molar refractivity (Wildman–Crippen MR) is 135 cm³/mol. The van der Waals surface area contributed by atoms with E-state index in [-0.39, 0.29) is 0 Å². The van der Waals surface area contributed by atoms with Crippen LogP contribution in [0.15, 0.2) is 0 Å². The minimum absolute atomic E-state index is 1.24. The molecule has 0 fully saturated rings. The van der Waals surface area contributed by atoms with Crippen LogP contribution in [0.4, 0.5) is 0 Å². The van der Waals surface area contributed by atoms with Crippen LogP contribution in [0.25, 0.3) is 0 Å². The Bertz CT molecular complexity index is 331. The highest BCUT2D eigenvalue weighted by Crippen LogP contribution is 2.25. The average molecular weight is 466 g/mol. The van der Waals surface area contributed by atoms with Crippen LogP contribution in [-0.2, 0) is 4.57 Å². The lowest BCUT2D eigenvalue weighted by molar-refractivity contribution is 0.275. The summed E-state index contributed by atoms with van der Waals surface area (Å²) in [7, 11) is -4.64. The maximum Gasteiger partial charge on any atom is 0.466 e. The third-order valence-electron chi connectivity index (χ3n) is 5.66. The molecule has 0 aliphatic carbocycles. The summed E-state index contributed by atoms with van der Waals surface area (Å²) in [6.45, 7) is 7.07. The van der Waals surface area contributed by atoms with Crippen molar-refractivity contribution in [3.05, 3.63) is 0 Å². The van der Waals surface area contributed by atoms with Gasteiger partial charge in [-0.1, -0.05) is 136 Å². The van der Waals surface area contributed by atoms with E-state index in [2.05, 4.69) is 19.2 Å². The highest BCUT2D eigenvalue weighted by atomic mass is 31.2. The molecule has 0 spiro atoms. The van der Waals surface area contributed by atoms with Crippen molar-refractivity contribution in [2.75, 3.05) is 13.1 Å². The van der Waals surface area contributed by atoms with Crippen LogP contribution in [0.1, 0.15) is 149 Å². The molecule has 0 radical (unpaired) electrons. The van der Waals surface area contributed by atoms with Crippen molar-refractivity contribution in [2.24, 2.45) is 0 Å². The highest BCUT2D eigenvalue weighted by Gasteiger charge is 2.00. The van der Waals surface area contributed by atoms with E-state index < -0.39 is 7.82 Å². The summed E-state index contributed by atoms with van der Waals surface area (Å²) in [5, 5.41) is 3.62. The molecule has 5 nitrogen and oxygen atoms in total. The highest BCUT2D eigenvalue weighted by molar-refractivity contribution is 7.45. The number of nitrogens with one attached hydrogen (secondary N) is 1. The smallest absolute Gasteiger partial charge is 0.317 e. The fourth-order valence-corrected chi connectivity index (χ4v) is 3.78. The van der Waals surface area contributed by atoms with Gasteiger partial charge in [0, 0.05) is 0 Å². The summed E-state index contributed by atoms with van der Waals surface area (Å²) in [4.78, 5) is 21.6. The Morgan fingerprint density at radius 1 is 0.452 bits per heavy atom. The molecule has 0 heterocycles. The molecular formula is C25H56NO4P. The molecule has 0 aliphatic rings. The van der Waals surface area contributed by atoms with E-state index in [0.29, 0.717) is 0 Å². The van der Waals surface area contributed by atoms with E-state index in [1.807, 2.05) is 0 Å². The quantitative estimate of drug-likeness (QED) is 0.0910. The van der Waals surface area contributed by atoms with Crippen molar-refractivity contribution in [3.8, 4) is 0 Å². The first-order valence-corrected chi connectivity index (χ1v) is 15.0. The fraction of sp³-hybridized carbons (Fsp3) is 1.00. The molecule has 6 heteroatoms. The van der Waals surface area contributed by atoms with E-state index in [0.717, 1.165) is 0 Å². The van der Waals surface area contributed by atoms with Crippen molar-refractivity contribution in [2.45, 2.75) is 149 Å². The van der Waals surface area contributed by atoms with E-state index in [9.17, 15) is 0 Å². The first-order valence-electron chi connectivity index (χ1n) is 13.4. The van der Waals surface area contributed by atoms with Gasteiger partial charge in [-0.15, -0.1) is 0 Å². The van der Waals surface area contributed by atoms with Gasteiger partial charge in [-0.2, -0.15) is 0 Å². The number of rotatable bonds is 23. The lowest BCUT2D eigenvalue weighted by Gasteiger charge is -2.05. The Balaban J connectivity index is 0. The van der Waals surface area contributed by atoms with E-state index in [1.165, 1.54) is 148 Å².